The highest BCUT2D eigenvalue weighted by molar-refractivity contribution is 6.94. The molecular weight excluding hydrogens is 751 g/mol. The van der Waals surface area contributed by atoms with Crippen molar-refractivity contribution < 1.29 is 4.42 Å². The fraction of sp³-hybridized carbons (Fsp3) is 0.172. The monoisotopic (exact) mass is 798 g/mol. The van der Waals surface area contributed by atoms with Gasteiger partial charge in [-0.05, 0) is 96.7 Å². The summed E-state index contributed by atoms with van der Waals surface area (Å²) in [6.45, 7) is 16.5. The smallest absolute Gasteiger partial charge is 0.333 e. The van der Waals surface area contributed by atoms with Gasteiger partial charge in [-0.25, -0.2) is 0 Å². The first-order valence-corrected chi connectivity index (χ1v) is 22.2. The van der Waals surface area contributed by atoms with Gasteiger partial charge in [-0.1, -0.05) is 170 Å². The molecule has 0 radical (unpaired) electrons. The lowest BCUT2D eigenvalue weighted by atomic mass is 9.42. The van der Waals surface area contributed by atoms with Crippen molar-refractivity contribution in [3.05, 3.63) is 186 Å². The lowest BCUT2D eigenvalue weighted by Crippen LogP contribution is -2.63. The third kappa shape index (κ3) is 4.52. The van der Waals surface area contributed by atoms with Crippen LogP contribution in [0.3, 0.4) is 0 Å². The van der Waals surface area contributed by atoms with Crippen molar-refractivity contribution in [3.63, 3.8) is 0 Å². The maximum absolute atomic E-state index is 6.99. The number of hydrogen-bond acceptors (Lipinski definition) is 3. The molecule has 298 valence electrons. The average Bonchev–Trinajstić information content (AvgIpc) is 3.76. The number of para-hydroxylation sites is 3. The second-order valence-corrected chi connectivity index (χ2v) is 20.1. The van der Waals surface area contributed by atoms with Crippen molar-refractivity contribution in [2.45, 2.75) is 64.7 Å². The van der Waals surface area contributed by atoms with Crippen LogP contribution in [0.25, 0.3) is 55.3 Å². The van der Waals surface area contributed by atoms with Gasteiger partial charge in [0.25, 0.3) is 0 Å². The minimum atomic E-state index is -0.213. The van der Waals surface area contributed by atoms with E-state index in [9.17, 15) is 0 Å². The summed E-state index contributed by atoms with van der Waals surface area (Å²) in [6.07, 6.45) is 0. The van der Waals surface area contributed by atoms with Gasteiger partial charge in [0.2, 0.25) is 0 Å². The van der Waals surface area contributed by atoms with Gasteiger partial charge in [0.15, 0.2) is 0 Å². The largest absolute Gasteiger partial charge is 0.456 e. The minimum Gasteiger partial charge on any atom is -0.456 e. The molecule has 3 nitrogen and oxygen atoms in total. The quantitative estimate of drug-likeness (QED) is 0.162. The molecule has 0 saturated carbocycles. The van der Waals surface area contributed by atoms with E-state index in [4.69, 9.17) is 4.42 Å². The van der Waals surface area contributed by atoms with Crippen LogP contribution in [0, 0.1) is 0 Å². The number of fused-ring (bicyclic) bond motifs is 13. The summed E-state index contributed by atoms with van der Waals surface area (Å²) in [4.78, 5) is 5.33. The zero-order chi connectivity index (χ0) is 42.0. The lowest BCUT2D eigenvalue weighted by molar-refractivity contribution is 0.590. The number of nitrogens with zero attached hydrogens (tertiary/aromatic N) is 2. The first-order chi connectivity index (χ1) is 29.9. The predicted octanol–water partition coefficient (Wildman–Crippen LogP) is 14.2. The van der Waals surface area contributed by atoms with E-state index in [2.05, 4.69) is 216 Å². The van der Waals surface area contributed by atoms with Gasteiger partial charge in [0, 0.05) is 61.5 Å². The van der Waals surface area contributed by atoms with Gasteiger partial charge in [-0.3, -0.25) is 0 Å². The van der Waals surface area contributed by atoms with Crippen molar-refractivity contribution in [3.8, 4) is 33.4 Å². The summed E-state index contributed by atoms with van der Waals surface area (Å²) in [5.74, 6) is 0. The van der Waals surface area contributed by atoms with Crippen molar-refractivity contribution in [1.82, 2.24) is 0 Å². The molecule has 4 aliphatic rings. The highest BCUT2D eigenvalue weighted by Crippen LogP contribution is 2.59. The Morgan fingerprint density at radius 2 is 1.19 bits per heavy atom. The summed E-state index contributed by atoms with van der Waals surface area (Å²) < 4.78 is 6.99. The minimum absolute atomic E-state index is 0.0354. The molecular formula is C58H47BN2O. The molecule has 1 aliphatic carbocycles. The van der Waals surface area contributed by atoms with Crippen LogP contribution in [0.4, 0.5) is 28.4 Å². The van der Waals surface area contributed by atoms with Gasteiger partial charge in [0.05, 0.1) is 5.69 Å². The van der Waals surface area contributed by atoms with E-state index >= 15 is 0 Å². The Hall–Kier alpha value is -6.78. The van der Waals surface area contributed by atoms with Crippen LogP contribution in [0.1, 0.15) is 76.3 Å². The summed E-state index contributed by atoms with van der Waals surface area (Å²) in [7, 11) is 0. The molecule has 0 spiro atoms. The summed E-state index contributed by atoms with van der Waals surface area (Å²) in [5, 5.41) is 2.35. The normalized spacial score (nSPS) is 15.8. The topological polar surface area (TPSA) is 19.6 Å². The Kier molecular flexibility index (Phi) is 6.94. The summed E-state index contributed by atoms with van der Waals surface area (Å²) >= 11 is 0. The molecule has 0 saturated heterocycles. The van der Waals surface area contributed by atoms with Crippen LogP contribution in [-0.2, 0) is 16.2 Å². The van der Waals surface area contributed by atoms with E-state index in [1.807, 2.05) is 0 Å². The Morgan fingerprint density at radius 1 is 0.500 bits per heavy atom. The van der Waals surface area contributed by atoms with Crippen molar-refractivity contribution in [2.24, 2.45) is 0 Å². The SMILES string of the molecule is CC(C)(C)c1ccc(N2c3cc4c(cc3B3c5c2cc2oc6ccccc6c2c5-c2cccc5c2N3c2ccccc2C5(C)C)C(C)(C)c2ccccc2-4)c(-c2ccccc2)c1. The Labute approximate surface area is 364 Å². The fourth-order valence-electron chi connectivity index (χ4n) is 11.9. The van der Waals surface area contributed by atoms with E-state index in [1.54, 1.807) is 0 Å². The number of furan rings is 1. The van der Waals surface area contributed by atoms with E-state index in [0.29, 0.717) is 0 Å². The summed E-state index contributed by atoms with van der Waals surface area (Å²) in [5.41, 5.74) is 24.5. The molecule has 3 aliphatic heterocycles. The Balaban J connectivity index is 1.24. The van der Waals surface area contributed by atoms with E-state index in [-0.39, 0.29) is 23.1 Å². The molecule has 4 heteroatoms. The van der Waals surface area contributed by atoms with Crippen LogP contribution in [0.2, 0.25) is 0 Å². The van der Waals surface area contributed by atoms with Crippen molar-refractivity contribution >= 4 is 68.1 Å². The van der Waals surface area contributed by atoms with E-state index in [1.165, 1.54) is 94.6 Å². The summed E-state index contributed by atoms with van der Waals surface area (Å²) in [6, 6.07) is 59.6. The Morgan fingerprint density at radius 3 is 2.02 bits per heavy atom. The molecule has 62 heavy (non-hydrogen) atoms. The third-order valence-corrected chi connectivity index (χ3v) is 15.0. The maximum Gasteiger partial charge on any atom is 0.333 e. The van der Waals surface area contributed by atoms with Crippen molar-refractivity contribution in [1.29, 1.82) is 0 Å². The molecule has 0 amide bonds. The third-order valence-electron chi connectivity index (χ3n) is 15.0. The highest BCUT2D eigenvalue weighted by atomic mass is 16.3. The molecule has 0 N–H and O–H groups in total. The van der Waals surface area contributed by atoms with E-state index in [0.717, 1.165) is 27.9 Å². The fourth-order valence-corrected chi connectivity index (χ4v) is 11.9. The molecule has 8 aromatic carbocycles. The van der Waals surface area contributed by atoms with Gasteiger partial charge >= 0.3 is 6.85 Å². The van der Waals surface area contributed by atoms with Crippen molar-refractivity contribution in [2.75, 3.05) is 9.71 Å². The van der Waals surface area contributed by atoms with Crippen LogP contribution in [0.5, 0.6) is 0 Å². The molecule has 13 rings (SSSR count). The lowest BCUT2D eigenvalue weighted by Gasteiger charge is -2.51. The second kappa shape index (κ2) is 12.0. The molecule has 0 atom stereocenters. The number of anilines is 5. The van der Waals surface area contributed by atoms with Crippen LogP contribution in [0.15, 0.2) is 162 Å². The van der Waals surface area contributed by atoms with Crippen LogP contribution < -0.4 is 20.6 Å². The molecule has 0 bridgehead atoms. The first-order valence-electron chi connectivity index (χ1n) is 22.2. The van der Waals surface area contributed by atoms with Crippen LogP contribution in [-0.4, -0.2) is 6.85 Å². The van der Waals surface area contributed by atoms with Crippen LogP contribution >= 0.6 is 0 Å². The zero-order valence-corrected chi connectivity index (χ0v) is 36.4. The van der Waals surface area contributed by atoms with Gasteiger partial charge in [-0.15, -0.1) is 0 Å². The second-order valence-electron chi connectivity index (χ2n) is 20.1. The molecule has 9 aromatic rings. The van der Waals surface area contributed by atoms with Gasteiger partial charge in [0.1, 0.15) is 11.2 Å². The molecule has 4 heterocycles. The number of benzene rings is 8. The number of hydrogen-bond donors (Lipinski definition) is 0. The zero-order valence-electron chi connectivity index (χ0n) is 36.4. The Bertz CT molecular complexity index is 3420. The maximum atomic E-state index is 6.99. The predicted molar refractivity (Wildman–Crippen MR) is 261 cm³/mol. The molecule has 0 unspecified atom stereocenters. The van der Waals surface area contributed by atoms with Gasteiger partial charge in [-0.2, -0.15) is 0 Å². The van der Waals surface area contributed by atoms with E-state index < -0.39 is 0 Å². The standard InChI is InChI=1S/C58H47BN2O/c1-56(2,3)35-28-29-46(39(30-35)34-18-9-8-10-19-34)60-48-31-40-36-20-11-13-23-41(36)57(4,5)44(40)32-45(48)59-54-49(60)33-51-52(37-21-12-16-27-50(37)62-51)53(54)38-22-17-25-43-55(38)61(59)47-26-15-14-24-42(47)58(43,6)7/h8-33H,1-7H3. The molecule has 1 aromatic heterocycles. The first kappa shape index (κ1) is 35.9. The number of rotatable bonds is 2. The average molecular weight is 799 g/mol. The molecule has 0 fully saturated rings. The van der Waals surface area contributed by atoms with Gasteiger partial charge < -0.3 is 14.1 Å². The highest BCUT2D eigenvalue weighted by Gasteiger charge is 2.52.